The summed E-state index contributed by atoms with van der Waals surface area (Å²) in [5, 5.41) is 20.1. The van der Waals surface area contributed by atoms with Crippen LogP contribution in [0.1, 0.15) is 36.1 Å². The predicted octanol–water partition coefficient (Wildman–Crippen LogP) is 1.39. The van der Waals surface area contributed by atoms with Crippen LogP contribution in [0.5, 0.6) is 0 Å². The third-order valence-corrected chi connectivity index (χ3v) is 3.68. The molecule has 0 aromatic carbocycles. The van der Waals surface area contributed by atoms with E-state index in [2.05, 4.69) is 21.6 Å². The van der Waals surface area contributed by atoms with Crippen LogP contribution in [-0.2, 0) is 4.79 Å². The molecule has 1 aromatic rings. The van der Waals surface area contributed by atoms with Gasteiger partial charge in [-0.25, -0.2) is 0 Å². The molecule has 1 fully saturated rings. The lowest BCUT2D eigenvalue weighted by molar-refractivity contribution is -0.130. The topological polar surface area (TPSA) is 81.9 Å². The maximum atomic E-state index is 12.1. The Bertz CT molecular complexity index is 543. The first-order valence-corrected chi connectivity index (χ1v) is 6.89. The number of amides is 1. The average Bonchev–Trinajstić information content (AvgIpc) is 2.49. The quantitative estimate of drug-likeness (QED) is 0.900. The van der Waals surface area contributed by atoms with E-state index < -0.39 is 0 Å². The first-order valence-electron chi connectivity index (χ1n) is 6.89. The number of aromatic nitrogens is 2. The third-order valence-electron chi connectivity index (χ3n) is 3.68. The Kier molecular flexibility index (Phi) is 4.51. The van der Waals surface area contributed by atoms with Crippen molar-refractivity contribution in [2.24, 2.45) is 0 Å². The van der Waals surface area contributed by atoms with E-state index in [9.17, 15) is 10.1 Å². The molecule has 0 radical (unpaired) electrons. The maximum absolute atomic E-state index is 12.1. The molecule has 1 amide bonds. The Morgan fingerprint density at radius 2 is 2.00 bits per heavy atom. The standard InChI is InChI=1S/C14H19N5O/c1-10-11(2)17-18-14(12(10)8-15)16-9-13(20)19-6-4-3-5-7-19/h3-7,9H2,1-2H3,(H,16,18). The third kappa shape index (κ3) is 3.05. The van der Waals surface area contributed by atoms with Gasteiger partial charge in [0.1, 0.15) is 11.6 Å². The number of nitrogens with one attached hydrogen (secondary N) is 1. The van der Waals surface area contributed by atoms with Gasteiger partial charge in [-0.2, -0.15) is 10.4 Å². The van der Waals surface area contributed by atoms with Crippen molar-refractivity contribution in [3.05, 3.63) is 16.8 Å². The van der Waals surface area contributed by atoms with E-state index in [-0.39, 0.29) is 12.5 Å². The number of anilines is 1. The zero-order chi connectivity index (χ0) is 14.5. The zero-order valence-electron chi connectivity index (χ0n) is 11.9. The second-order valence-electron chi connectivity index (χ2n) is 5.04. The summed E-state index contributed by atoms with van der Waals surface area (Å²) >= 11 is 0. The first-order chi connectivity index (χ1) is 9.63. The van der Waals surface area contributed by atoms with Crippen LogP contribution in [0.15, 0.2) is 0 Å². The Balaban J connectivity index is 2.02. The summed E-state index contributed by atoms with van der Waals surface area (Å²) in [6.45, 7) is 5.45. The monoisotopic (exact) mass is 273 g/mol. The number of carbonyl (C=O) groups is 1. The summed E-state index contributed by atoms with van der Waals surface area (Å²) < 4.78 is 0. The van der Waals surface area contributed by atoms with Gasteiger partial charge in [0.2, 0.25) is 5.91 Å². The molecule has 20 heavy (non-hydrogen) atoms. The number of nitrogens with zero attached hydrogens (tertiary/aromatic N) is 4. The van der Waals surface area contributed by atoms with Gasteiger partial charge in [-0.1, -0.05) is 0 Å². The molecule has 1 aliphatic rings. The lowest BCUT2D eigenvalue weighted by atomic mass is 10.1. The largest absolute Gasteiger partial charge is 0.358 e. The Labute approximate surface area is 118 Å². The predicted molar refractivity (Wildman–Crippen MR) is 75.1 cm³/mol. The smallest absolute Gasteiger partial charge is 0.241 e. The zero-order valence-corrected chi connectivity index (χ0v) is 11.9. The molecule has 0 aliphatic carbocycles. The summed E-state index contributed by atoms with van der Waals surface area (Å²) in [5.41, 5.74) is 1.99. The van der Waals surface area contributed by atoms with E-state index >= 15 is 0 Å². The molecule has 6 heteroatoms. The number of carbonyl (C=O) groups excluding carboxylic acids is 1. The number of nitriles is 1. The number of aryl methyl sites for hydroxylation is 1. The highest BCUT2D eigenvalue weighted by Gasteiger charge is 2.17. The maximum Gasteiger partial charge on any atom is 0.241 e. The van der Waals surface area contributed by atoms with Crippen molar-refractivity contribution in [2.75, 3.05) is 25.0 Å². The van der Waals surface area contributed by atoms with Crippen molar-refractivity contribution < 1.29 is 4.79 Å². The minimum Gasteiger partial charge on any atom is -0.358 e. The van der Waals surface area contributed by atoms with E-state index in [0.717, 1.165) is 37.2 Å². The normalized spacial score (nSPS) is 14.8. The number of rotatable bonds is 3. The Morgan fingerprint density at radius 1 is 1.30 bits per heavy atom. The second kappa shape index (κ2) is 6.33. The minimum absolute atomic E-state index is 0.0496. The van der Waals surface area contributed by atoms with Crippen molar-refractivity contribution in [1.82, 2.24) is 15.1 Å². The van der Waals surface area contributed by atoms with Crippen LogP contribution in [0, 0.1) is 25.2 Å². The van der Waals surface area contributed by atoms with Crippen LogP contribution in [-0.4, -0.2) is 40.6 Å². The molecule has 106 valence electrons. The molecular weight excluding hydrogens is 254 g/mol. The molecule has 1 aliphatic heterocycles. The summed E-state index contributed by atoms with van der Waals surface area (Å²) in [6.07, 6.45) is 3.33. The summed E-state index contributed by atoms with van der Waals surface area (Å²) in [4.78, 5) is 13.9. The van der Waals surface area contributed by atoms with Crippen LogP contribution >= 0.6 is 0 Å². The molecule has 0 unspecified atom stereocenters. The van der Waals surface area contributed by atoms with Crippen molar-refractivity contribution >= 4 is 11.7 Å². The number of hydrogen-bond acceptors (Lipinski definition) is 5. The SMILES string of the molecule is Cc1nnc(NCC(=O)N2CCCCC2)c(C#N)c1C. The highest BCUT2D eigenvalue weighted by atomic mass is 16.2. The van der Waals surface area contributed by atoms with Gasteiger partial charge >= 0.3 is 0 Å². The molecule has 0 saturated carbocycles. The second-order valence-corrected chi connectivity index (χ2v) is 5.04. The summed E-state index contributed by atoms with van der Waals surface area (Å²) in [7, 11) is 0. The van der Waals surface area contributed by atoms with Gasteiger partial charge in [0, 0.05) is 13.1 Å². The van der Waals surface area contributed by atoms with Gasteiger partial charge in [-0.15, -0.1) is 5.10 Å². The molecule has 6 nitrogen and oxygen atoms in total. The average molecular weight is 273 g/mol. The fourth-order valence-corrected chi connectivity index (χ4v) is 2.28. The van der Waals surface area contributed by atoms with Crippen LogP contribution in [0.4, 0.5) is 5.82 Å². The van der Waals surface area contributed by atoms with Crippen LogP contribution < -0.4 is 5.32 Å². The first kappa shape index (κ1) is 14.3. The highest BCUT2D eigenvalue weighted by molar-refractivity contribution is 5.81. The molecule has 2 rings (SSSR count). The van der Waals surface area contributed by atoms with Gasteiger partial charge in [-0.3, -0.25) is 4.79 Å². The van der Waals surface area contributed by atoms with Crippen LogP contribution in [0.2, 0.25) is 0 Å². The molecule has 1 N–H and O–H groups in total. The van der Waals surface area contributed by atoms with Gasteiger partial charge < -0.3 is 10.2 Å². The fraction of sp³-hybridized carbons (Fsp3) is 0.571. The van der Waals surface area contributed by atoms with Crippen LogP contribution in [0.25, 0.3) is 0 Å². The molecule has 0 spiro atoms. The summed E-state index contributed by atoms with van der Waals surface area (Å²) in [5.74, 6) is 0.439. The molecular formula is C14H19N5O. The minimum atomic E-state index is 0.0496. The molecule has 0 bridgehead atoms. The number of likely N-dealkylation sites (tertiary alicyclic amines) is 1. The summed E-state index contributed by atoms with van der Waals surface area (Å²) in [6, 6.07) is 2.12. The van der Waals surface area contributed by atoms with Gasteiger partial charge in [0.15, 0.2) is 5.82 Å². The van der Waals surface area contributed by atoms with Gasteiger partial charge in [0.25, 0.3) is 0 Å². The van der Waals surface area contributed by atoms with Gasteiger partial charge in [-0.05, 0) is 38.7 Å². The molecule has 2 heterocycles. The molecule has 1 aromatic heterocycles. The van der Waals surface area contributed by atoms with E-state index in [0.29, 0.717) is 11.4 Å². The van der Waals surface area contributed by atoms with E-state index in [1.165, 1.54) is 6.42 Å². The van der Waals surface area contributed by atoms with E-state index in [1.54, 1.807) is 0 Å². The Hall–Kier alpha value is -2.16. The van der Waals surface area contributed by atoms with Crippen LogP contribution in [0.3, 0.4) is 0 Å². The molecule has 1 saturated heterocycles. The van der Waals surface area contributed by atoms with Gasteiger partial charge in [0.05, 0.1) is 12.2 Å². The number of hydrogen-bond donors (Lipinski definition) is 1. The Morgan fingerprint density at radius 3 is 2.65 bits per heavy atom. The highest BCUT2D eigenvalue weighted by Crippen LogP contribution is 2.17. The van der Waals surface area contributed by atoms with E-state index in [1.807, 2.05) is 18.7 Å². The van der Waals surface area contributed by atoms with Crippen molar-refractivity contribution in [2.45, 2.75) is 33.1 Å². The van der Waals surface area contributed by atoms with Crippen molar-refractivity contribution in [3.63, 3.8) is 0 Å². The van der Waals surface area contributed by atoms with Crippen molar-refractivity contribution in [3.8, 4) is 6.07 Å². The molecule has 0 atom stereocenters. The lowest BCUT2D eigenvalue weighted by Gasteiger charge is -2.26. The fourth-order valence-electron chi connectivity index (χ4n) is 2.28. The number of piperidine rings is 1. The lowest BCUT2D eigenvalue weighted by Crippen LogP contribution is -2.39. The van der Waals surface area contributed by atoms with Crippen molar-refractivity contribution in [1.29, 1.82) is 5.26 Å². The van der Waals surface area contributed by atoms with E-state index in [4.69, 9.17) is 0 Å².